The molecule has 1 aliphatic rings. The molecule has 8 aromatic rings. The number of hydrogen-bond donors (Lipinski definition) is 0. The maximum absolute atomic E-state index is 6.80. The molecule has 0 spiro atoms. The Morgan fingerprint density at radius 1 is 0.404 bits per heavy atom. The van der Waals surface area contributed by atoms with Gasteiger partial charge in [0.2, 0.25) is 6.71 Å². The van der Waals surface area contributed by atoms with Crippen LogP contribution in [0.3, 0.4) is 0 Å². The van der Waals surface area contributed by atoms with E-state index in [9.17, 15) is 0 Å². The fourth-order valence-electron chi connectivity index (χ4n) is 7.22. The fourth-order valence-corrected chi connectivity index (χ4v) is 7.22. The summed E-state index contributed by atoms with van der Waals surface area (Å²) in [6, 6.07) is 65.0. The van der Waals surface area contributed by atoms with Crippen LogP contribution in [0.4, 0.5) is 17.1 Å². The van der Waals surface area contributed by atoms with Gasteiger partial charge in [-0.25, -0.2) is 0 Å². The summed E-state index contributed by atoms with van der Waals surface area (Å²) in [5.74, 6) is 1.75. The van der Waals surface area contributed by atoms with Crippen molar-refractivity contribution >= 4 is 61.7 Å². The third-order valence-corrected chi connectivity index (χ3v) is 9.35. The smallest absolute Gasteiger partial charge is 0.241 e. The second kappa shape index (κ2) is 11.4. The van der Waals surface area contributed by atoms with E-state index in [0.29, 0.717) is 0 Å². The van der Waals surface area contributed by atoms with E-state index in [2.05, 4.69) is 187 Å². The zero-order valence-electron chi connectivity index (χ0n) is 25.8. The lowest BCUT2D eigenvalue weighted by atomic mass is 9.36. The van der Waals surface area contributed by atoms with Gasteiger partial charge in [-0.05, 0) is 64.2 Å². The van der Waals surface area contributed by atoms with Crippen molar-refractivity contribution in [2.75, 3.05) is 4.90 Å². The summed E-state index contributed by atoms with van der Waals surface area (Å²) in [6.07, 6.45) is 0. The predicted molar refractivity (Wildman–Crippen MR) is 199 cm³/mol. The molecule has 3 heteroatoms. The molecule has 0 saturated carbocycles. The molecule has 0 unspecified atom stereocenters. The molecule has 1 heterocycles. The van der Waals surface area contributed by atoms with E-state index >= 15 is 0 Å². The molecule has 47 heavy (non-hydrogen) atoms. The molecule has 8 aromatic carbocycles. The molecule has 2 nitrogen and oxygen atoms in total. The summed E-state index contributed by atoms with van der Waals surface area (Å²) in [5, 5.41) is 4.82. The van der Waals surface area contributed by atoms with Gasteiger partial charge >= 0.3 is 0 Å². The molecule has 0 N–H and O–H groups in total. The highest BCUT2D eigenvalue weighted by atomic mass is 16.5. The summed E-state index contributed by atoms with van der Waals surface area (Å²) in [7, 11) is 0. The highest BCUT2D eigenvalue weighted by molar-refractivity contribution is 6.96. The molecule has 0 aromatic heterocycles. The number of hydrogen-bond acceptors (Lipinski definition) is 2. The highest BCUT2D eigenvalue weighted by Gasteiger charge is 2.28. The van der Waals surface area contributed by atoms with Gasteiger partial charge in [0.1, 0.15) is 11.5 Å². The van der Waals surface area contributed by atoms with Gasteiger partial charge in [-0.3, -0.25) is 0 Å². The molecule has 0 fully saturated rings. The third-order valence-electron chi connectivity index (χ3n) is 9.35. The van der Waals surface area contributed by atoms with Gasteiger partial charge in [0, 0.05) is 34.1 Å². The number of benzene rings is 8. The van der Waals surface area contributed by atoms with Crippen LogP contribution in [0.15, 0.2) is 182 Å². The van der Waals surface area contributed by atoms with Gasteiger partial charge in [0.05, 0.1) is 0 Å². The van der Waals surface area contributed by atoms with Crippen molar-refractivity contribution in [2.24, 2.45) is 0 Å². The van der Waals surface area contributed by atoms with Gasteiger partial charge in [-0.1, -0.05) is 150 Å². The SMILES string of the molecule is c1ccc(B(c2ccccc2)c2ccc3c4c(cccc24)Oc2cc(N(c4ccccc4)c4ccc5ccccc5c4)ccc2-3)cc1. The lowest BCUT2D eigenvalue weighted by Crippen LogP contribution is -2.52. The molecule has 1 aliphatic heterocycles. The van der Waals surface area contributed by atoms with Gasteiger partial charge in [0.15, 0.2) is 0 Å². The zero-order valence-corrected chi connectivity index (χ0v) is 25.8. The number of fused-ring (bicyclic) bond motifs is 3. The van der Waals surface area contributed by atoms with Crippen LogP contribution in [0.25, 0.3) is 32.7 Å². The van der Waals surface area contributed by atoms with Crippen LogP contribution in [0.5, 0.6) is 11.5 Å². The van der Waals surface area contributed by atoms with E-state index in [-0.39, 0.29) is 6.71 Å². The first-order valence-electron chi connectivity index (χ1n) is 16.1. The largest absolute Gasteiger partial charge is 0.456 e. The molecule has 0 atom stereocenters. The van der Waals surface area contributed by atoms with Crippen LogP contribution in [-0.4, -0.2) is 6.71 Å². The summed E-state index contributed by atoms with van der Waals surface area (Å²) < 4.78 is 6.80. The van der Waals surface area contributed by atoms with Crippen LogP contribution < -0.4 is 26.0 Å². The minimum Gasteiger partial charge on any atom is -0.456 e. The van der Waals surface area contributed by atoms with Crippen molar-refractivity contribution in [3.63, 3.8) is 0 Å². The normalized spacial score (nSPS) is 11.6. The average Bonchev–Trinajstić information content (AvgIpc) is 3.14. The molecule has 0 radical (unpaired) electrons. The third kappa shape index (κ3) is 4.76. The van der Waals surface area contributed by atoms with Crippen LogP contribution in [-0.2, 0) is 0 Å². The second-order valence-electron chi connectivity index (χ2n) is 12.1. The van der Waals surface area contributed by atoms with Crippen LogP contribution in [0.2, 0.25) is 0 Å². The summed E-state index contributed by atoms with van der Waals surface area (Å²) in [6.45, 7) is 0.104. The lowest BCUT2D eigenvalue weighted by Gasteiger charge is -2.29. The predicted octanol–water partition coefficient (Wildman–Crippen LogP) is 9.75. The Kier molecular flexibility index (Phi) is 6.61. The van der Waals surface area contributed by atoms with Crippen molar-refractivity contribution in [3.05, 3.63) is 182 Å². The molecule has 220 valence electrons. The van der Waals surface area contributed by atoms with E-state index in [1.54, 1.807) is 0 Å². The zero-order chi connectivity index (χ0) is 31.2. The average molecular weight is 600 g/mol. The molecule has 0 aliphatic carbocycles. The maximum Gasteiger partial charge on any atom is 0.241 e. The van der Waals surface area contributed by atoms with Crippen molar-refractivity contribution in [2.45, 2.75) is 0 Å². The van der Waals surface area contributed by atoms with Crippen LogP contribution in [0, 0.1) is 0 Å². The number of ether oxygens (including phenoxy) is 1. The summed E-state index contributed by atoms with van der Waals surface area (Å²) in [4.78, 5) is 2.31. The Hall–Kier alpha value is -6.06. The van der Waals surface area contributed by atoms with Gasteiger partial charge in [-0.15, -0.1) is 0 Å². The standard InChI is InChI=1S/C44H30BNO/c1-4-15-33(16-5-1)45(34-17-6-2-7-18-34)41-28-27-39-38-26-25-37(30-43(38)47-42-22-12-21-40(41)44(39)42)46(35-19-8-3-9-20-35)36-24-23-31-13-10-11-14-32(31)29-36/h1-30H. The first-order valence-corrected chi connectivity index (χ1v) is 16.1. The first-order chi connectivity index (χ1) is 23.3. The minimum atomic E-state index is 0.104. The Labute approximate surface area is 275 Å². The van der Waals surface area contributed by atoms with E-state index in [1.807, 2.05) is 0 Å². The highest BCUT2D eigenvalue weighted by Crippen LogP contribution is 2.48. The van der Waals surface area contributed by atoms with Gasteiger partial charge < -0.3 is 9.64 Å². The first kappa shape index (κ1) is 27.3. The topological polar surface area (TPSA) is 12.5 Å². The Morgan fingerprint density at radius 2 is 1.02 bits per heavy atom. The number of para-hydroxylation sites is 1. The minimum absolute atomic E-state index is 0.104. The van der Waals surface area contributed by atoms with Crippen LogP contribution >= 0.6 is 0 Å². The van der Waals surface area contributed by atoms with Crippen LogP contribution in [0.1, 0.15) is 0 Å². The van der Waals surface area contributed by atoms with E-state index < -0.39 is 0 Å². The fraction of sp³-hybridized carbons (Fsp3) is 0. The van der Waals surface area contributed by atoms with Crippen molar-refractivity contribution in [1.29, 1.82) is 0 Å². The lowest BCUT2D eigenvalue weighted by molar-refractivity contribution is 0.487. The number of anilines is 3. The van der Waals surface area contributed by atoms with Crippen molar-refractivity contribution in [3.8, 4) is 22.6 Å². The Bertz CT molecular complexity index is 2350. The van der Waals surface area contributed by atoms with E-state index in [4.69, 9.17) is 4.74 Å². The summed E-state index contributed by atoms with van der Waals surface area (Å²) in [5.41, 5.74) is 9.37. The van der Waals surface area contributed by atoms with E-state index in [0.717, 1.165) is 39.5 Å². The van der Waals surface area contributed by atoms with E-state index in [1.165, 1.54) is 38.1 Å². The number of rotatable bonds is 6. The van der Waals surface area contributed by atoms with Gasteiger partial charge in [-0.2, -0.15) is 0 Å². The second-order valence-corrected chi connectivity index (χ2v) is 12.1. The molecular formula is C44H30BNO. The molecule has 0 amide bonds. The molecule has 0 bridgehead atoms. The van der Waals surface area contributed by atoms with Crippen molar-refractivity contribution < 1.29 is 4.74 Å². The van der Waals surface area contributed by atoms with Gasteiger partial charge in [0.25, 0.3) is 0 Å². The monoisotopic (exact) mass is 599 g/mol. The molecule has 9 rings (SSSR count). The molecular weight excluding hydrogens is 569 g/mol. The number of nitrogens with zero attached hydrogens (tertiary/aromatic N) is 1. The quantitative estimate of drug-likeness (QED) is 0.177. The summed E-state index contributed by atoms with van der Waals surface area (Å²) >= 11 is 0. The Balaban J connectivity index is 1.19. The van der Waals surface area contributed by atoms with Crippen molar-refractivity contribution in [1.82, 2.24) is 0 Å². The maximum atomic E-state index is 6.80. The Morgan fingerprint density at radius 3 is 1.77 bits per heavy atom. The molecule has 0 saturated heterocycles.